The molecule has 1 saturated carbocycles. The summed E-state index contributed by atoms with van der Waals surface area (Å²) < 4.78 is 22.3. The molecule has 1 saturated heterocycles. The van der Waals surface area contributed by atoms with E-state index in [1.807, 2.05) is 23.1 Å². The van der Waals surface area contributed by atoms with Gasteiger partial charge in [0.15, 0.2) is 6.61 Å². The lowest BCUT2D eigenvalue weighted by Gasteiger charge is -2.43. The summed E-state index contributed by atoms with van der Waals surface area (Å²) in [4.78, 5) is 14.7. The molecule has 6 heteroatoms. The van der Waals surface area contributed by atoms with E-state index in [2.05, 4.69) is 0 Å². The van der Waals surface area contributed by atoms with Crippen molar-refractivity contribution >= 4 is 5.91 Å². The van der Waals surface area contributed by atoms with Crippen molar-refractivity contribution in [1.29, 1.82) is 0 Å². The highest BCUT2D eigenvalue weighted by molar-refractivity contribution is 5.78. The van der Waals surface area contributed by atoms with E-state index in [9.17, 15) is 4.79 Å². The summed E-state index contributed by atoms with van der Waals surface area (Å²) in [6.07, 6.45) is 3.77. The summed E-state index contributed by atoms with van der Waals surface area (Å²) in [5, 5.41) is 0. The van der Waals surface area contributed by atoms with Gasteiger partial charge >= 0.3 is 0 Å². The molecule has 0 radical (unpaired) electrons. The third-order valence-electron chi connectivity index (χ3n) is 5.60. The number of carbonyl (C=O) groups excluding carboxylic acids is 1. The van der Waals surface area contributed by atoms with Crippen LogP contribution in [0.3, 0.4) is 0 Å². The van der Waals surface area contributed by atoms with Crippen molar-refractivity contribution in [2.24, 2.45) is 0 Å². The molecular weight excluding hydrogens is 322 g/mol. The molecule has 25 heavy (non-hydrogen) atoms. The van der Waals surface area contributed by atoms with E-state index in [1.54, 1.807) is 27.4 Å². The minimum atomic E-state index is -0.235. The Morgan fingerprint density at radius 2 is 2.04 bits per heavy atom. The number of carbonyl (C=O) groups is 1. The van der Waals surface area contributed by atoms with Gasteiger partial charge in [-0.3, -0.25) is 4.79 Å². The van der Waals surface area contributed by atoms with Gasteiger partial charge in [0, 0.05) is 26.8 Å². The van der Waals surface area contributed by atoms with E-state index >= 15 is 0 Å². The van der Waals surface area contributed by atoms with Crippen molar-refractivity contribution in [3.63, 3.8) is 0 Å². The number of likely N-dealkylation sites (tertiary alicyclic amines) is 1. The molecule has 1 aliphatic heterocycles. The average molecular weight is 349 g/mol. The Labute approximate surface area is 149 Å². The monoisotopic (exact) mass is 349 g/mol. The first-order chi connectivity index (χ1) is 12.1. The van der Waals surface area contributed by atoms with E-state index in [1.165, 1.54) is 0 Å². The van der Waals surface area contributed by atoms with Crippen molar-refractivity contribution in [3.8, 4) is 11.5 Å². The van der Waals surface area contributed by atoms with Crippen molar-refractivity contribution in [3.05, 3.63) is 24.3 Å². The maximum absolute atomic E-state index is 12.8. The van der Waals surface area contributed by atoms with Crippen molar-refractivity contribution in [2.75, 3.05) is 34.5 Å². The Morgan fingerprint density at radius 1 is 1.24 bits per heavy atom. The van der Waals surface area contributed by atoms with E-state index in [4.69, 9.17) is 18.9 Å². The van der Waals surface area contributed by atoms with E-state index in [0.717, 1.165) is 25.7 Å². The van der Waals surface area contributed by atoms with Crippen molar-refractivity contribution in [1.82, 2.24) is 4.90 Å². The summed E-state index contributed by atoms with van der Waals surface area (Å²) in [6.45, 7) is 0.719. The molecule has 0 N–H and O–H groups in total. The topological polar surface area (TPSA) is 57.2 Å². The maximum Gasteiger partial charge on any atom is 0.260 e. The van der Waals surface area contributed by atoms with Gasteiger partial charge in [-0.05, 0) is 37.8 Å². The Kier molecular flexibility index (Phi) is 5.49. The Morgan fingerprint density at radius 3 is 2.76 bits per heavy atom. The minimum Gasteiger partial charge on any atom is -0.497 e. The summed E-state index contributed by atoms with van der Waals surface area (Å²) in [7, 11) is 5.09. The number of nitrogens with zero attached hydrogens (tertiary/aromatic N) is 1. The van der Waals surface area contributed by atoms with Crippen LogP contribution in [0.25, 0.3) is 0 Å². The molecule has 0 unspecified atom stereocenters. The molecule has 2 aliphatic rings. The van der Waals surface area contributed by atoms with E-state index in [-0.39, 0.29) is 30.3 Å². The highest BCUT2D eigenvalue weighted by Gasteiger charge is 2.52. The van der Waals surface area contributed by atoms with Gasteiger partial charge in [-0.1, -0.05) is 6.07 Å². The molecule has 6 nitrogen and oxygen atoms in total. The van der Waals surface area contributed by atoms with Crippen LogP contribution in [0.5, 0.6) is 11.5 Å². The van der Waals surface area contributed by atoms with Crippen molar-refractivity contribution in [2.45, 2.75) is 43.4 Å². The highest BCUT2D eigenvalue weighted by Crippen LogP contribution is 2.43. The normalized spacial score (nSPS) is 28.5. The minimum absolute atomic E-state index is 0.0107. The lowest BCUT2D eigenvalue weighted by atomic mass is 9.79. The second kappa shape index (κ2) is 7.62. The summed E-state index contributed by atoms with van der Waals surface area (Å²) in [5.41, 5.74) is -0.235. The van der Waals surface area contributed by atoms with Crippen LogP contribution in [0.1, 0.15) is 25.7 Å². The van der Waals surface area contributed by atoms with Gasteiger partial charge in [0.2, 0.25) is 0 Å². The number of benzene rings is 1. The molecule has 1 heterocycles. The molecule has 3 rings (SSSR count). The maximum atomic E-state index is 12.8. The fraction of sp³-hybridized carbons (Fsp3) is 0.632. The standard InChI is InChI=1S/C19H27NO5/c1-22-14-5-4-6-16(11-14)25-13-18(21)20-10-9-19(24-3)8-7-15(23-2)12-17(19)20/h4-6,11,15,17H,7-10,12-13H2,1-3H3/t15-,17-,19+/m0/s1. The van der Waals surface area contributed by atoms with Crippen LogP contribution in [-0.4, -0.2) is 63.0 Å². The van der Waals surface area contributed by atoms with E-state index < -0.39 is 0 Å². The van der Waals surface area contributed by atoms with Crippen LogP contribution in [-0.2, 0) is 14.3 Å². The molecule has 0 spiro atoms. The lowest BCUT2D eigenvalue weighted by Crippen LogP contribution is -2.53. The molecule has 2 fully saturated rings. The van der Waals surface area contributed by atoms with Crippen LogP contribution in [0.2, 0.25) is 0 Å². The number of hydrogen-bond donors (Lipinski definition) is 0. The number of amides is 1. The number of hydrogen-bond acceptors (Lipinski definition) is 5. The first-order valence-electron chi connectivity index (χ1n) is 8.76. The molecule has 138 valence electrons. The largest absolute Gasteiger partial charge is 0.497 e. The predicted molar refractivity (Wildman–Crippen MR) is 93.0 cm³/mol. The Balaban J connectivity index is 1.65. The summed E-state index contributed by atoms with van der Waals surface area (Å²) in [6, 6.07) is 7.33. The predicted octanol–water partition coefficient (Wildman–Crippen LogP) is 2.26. The zero-order valence-corrected chi connectivity index (χ0v) is 15.2. The van der Waals surface area contributed by atoms with Crippen LogP contribution < -0.4 is 9.47 Å². The molecule has 0 aromatic heterocycles. The molecule has 1 aliphatic carbocycles. The van der Waals surface area contributed by atoms with Gasteiger partial charge in [0.05, 0.1) is 24.9 Å². The molecule has 1 amide bonds. The number of fused-ring (bicyclic) bond motifs is 1. The van der Waals surface area contributed by atoms with Crippen molar-refractivity contribution < 1.29 is 23.7 Å². The number of rotatable bonds is 6. The highest BCUT2D eigenvalue weighted by atomic mass is 16.5. The average Bonchev–Trinajstić information content (AvgIpc) is 3.05. The van der Waals surface area contributed by atoms with Crippen LogP contribution in [0.15, 0.2) is 24.3 Å². The molecule has 1 aromatic carbocycles. The Bertz CT molecular complexity index is 607. The van der Waals surface area contributed by atoms with Gasteiger partial charge in [-0.15, -0.1) is 0 Å². The molecule has 1 aromatic rings. The van der Waals surface area contributed by atoms with Crippen LogP contribution in [0, 0.1) is 0 Å². The fourth-order valence-electron chi connectivity index (χ4n) is 4.09. The second-order valence-corrected chi connectivity index (χ2v) is 6.72. The molecule has 3 atom stereocenters. The zero-order chi connectivity index (χ0) is 17.9. The number of ether oxygens (including phenoxy) is 4. The molecule has 0 bridgehead atoms. The third kappa shape index (κ3) is 3.60. The Hall–Kier alpha value is -1.79. The smallest absolute Gasteiger partial charge is 0.260 e. The first kappa shape index (κ1) is 18.0. The van der Waals surface area contributed by atoms with Gasteiger partial charge in [-0.2, -0.15) is 0 Å². The van der Waals surface area contributed by atoms with Crippen LogP contribution in [0.4, 0.5) is 0 Å². The number of methoxy groups -OCH3 is 3. The lowest BCUT2D eigenvalue weighted by molar-refractivity contribution is -0.142. The van der Waals surface area contributed by atoms with Gasteiger partial charge in [-0.25, -0.2) is 0 Å². The quantitative estimate of drug-likeness (QED) is 0.788. The van der Waals surface area contributed by atoms with E-state index in [0.29, 0.717) is 18.0 Å². The first-order valence-corrected chi connectivity index (χ1v) is 8.76. The van der Waals surface area contributed by atoms with Crippen LogP contribution >= 0.6 is 0 Å². The van der Waals surface area contributed by atoms with Gasteiger partial charge in [0.25, 0.3) is 5.91 Å². The zero-order valence-electron chi connectivity index (χ0n) is 15.2. The second-order valence-electron chi connectivity index (χ2n) is 6.72. The summed E-state index contributed by atoms with van der Waals surface area (Å²) >= 11 is 0. The summed E-state index contributed by atoms with van der Waals surface area (Å²) in [5.74, 6) is 1.33. The SMILES string of the molecule is COc1cccc(OCC(=O)N2CC[C@]3(OC)CC[C@H](OC)C[C@H]23)c1. The van der Waals surface area contributed by atoms with Gasteiger partial charge < -0.3 is 23.8 Å². The van der Waals surface area contributed by atoms with Gasteiger partial charge in [0.1, 0.15) is 11.5 Å². The fourth-order valence-corrected chi connectivity index (χ4v) is 4.09. The molecular formula is C19H27NO5. The third-order valence-corrected chi connectivity index (χ3v) is 5.60.